The van der Waals surface area contributed by atoms with Gasteiger partial charge in [0.25, 0.3) is 5.91 Å². The molecule has 33 nitrogen and oxygen atoms in total. The van der Waals surface area contributed by atoms with Gasteiger partial charge in [-0.15, -0.1) is 11.3 Å². The zero-order chi connectivity index (χ0) is 66.8. The highest BCUT2D eigenvalue weighted by Gasteiger charge is 2.52. The average molecular weight is 1310 g/mol. The molecule has 1 unspecified atom stereocenters. The third kappa shape index (κ3) is 18.9. The molecule has 3 saturated heterocycles. The quantitative estimate of drug-likeness (QED) is 0.0114. The first-order valence-corrected chi connectivity index (χ1v) is 31.9. The molecule has 5 heterocycles. The number of rotatable bonds is 30. The molecule has 0 spiro atoms. The van der Waals surface area contributed by atoms with Crippen LogP contribution in [-0.4, -0.2) is 218 Å². The van der Waals surface area contributed by atoms with Crippen LogP contribution in [0.3, 0.4) is 0 Å². The van der Waals surface area contributed by atoms with Gasteiger partial charge in [0.15, 0.2) is 24.0 Å². The van der Waals surface area contributed by atoms with E-state index in [2.05, 4.69) is 41.6 Å². The predicted octanol–water partition coefficient (Wildman–Crippen LogP) is -5.08. The summed E-state index contributed by atoms with van der Waals surface area (Å²) < 4.78 is 0. The number of β-amino-alcohol motifs (C(OH)–C–C–N with tert-alkyl or cyclic N) is 1. The van der Waals surface area contributed by atoms with E-state index in [0.717, 1.165) is 23.3 Å². The van der Waals surface area contributed by atoms with E-state index < -0.39 is 132 Å². The van der Waals surface area contributed by atoms with Crippen molar-refractivity contribution in [3.05, 3.63) is 57.8 Å². The fraction of sp³-hybridized carbons (Fsp3) is 0.603. The standard InChI is InChI=1S/C58H88N20O13S/c59-36(14-5-19-66-56(60)61)47(81)71-37(15-6-20-67-57(62)63)51(85)75-22-8-18-41(75)52(86)77-30-34(79)26-42(77)49(83)69-28-45(80)70-39(27-35-13-9-23-92-35)48(82)73-46(74-91)54(88)76-29-33-12-2-1-10-31(33)24-44(76)53(87)78-40-17-4-3-11-32(40)25-43(78)50(84)72-38(55(89)90)16-7-21-68-58(64)65/h1-2,9-10,12-13,23,32,34,36-44,46,74,79,91H,3-8,11,14-22,24-30,59H2,(H,69,83)(H,70,80)(H,71,81)(H,72,84)(H,73,82)(H,89,90)(H4,60,61,66)(H4,62,63,67)(H4,64,65,68)/t32-,34+,36+,37-,38-,39-,40-,41-,42-,43-,44?,46-/m0/s1. The molecule has 5 aliphatic rings. The highest BCUT2D eigenvalue weighted by molar-refractivity contribution is 7.09. The van der Waals surface area contributed by atoms with Gasteiger partial charge < -0.3 is 102 Å². The molecule has 0 bridgehead atoms. The second-order valence-electron chi connectivity index (χ2n) is 23.8. The van der Waals surface area contributed by atoms with Gasteiger partial charge in [-0.2, -0.15) is 5.48 Å². The number of carboxylic acid groups (broad SMARTS) is 1. The Kier molecular flexibility index (Phi) is 25.8. The van der Waals surface area contributed by atoms with E-state index in [9.17, 15) is 58.6 Å². The lowest BCUT2D eigenvalue weighted by Crippen LogP contribution is -2.64. The highest BCUT2D eigenvalue weighted by atomic mass is 32.1. The van der Waals surface area contributed by atoms with Crippen molar-refractivity contribution in [2.75, 3.05) is 39.3 Å². The number of hydroxylamine groups is 1. The molecular formula is C58H88N20O13S. The molecule has 4 aliphatic heterocycles. The van der Waals surface area contributed by atoms with E-state index in [-0.39, 0.29) is 127 Å². The van der Waals surface area contributed by atoms with Crippen molar-refractivity contribution < 1.29 is 63.4 Å². The summed E-state index contributed by atoms with van der Waals surface area (Å²) in [7, 11) is 0. The van der Waals surface area contributed by atoms with Crippen LogP contribution < -0.4 is 72.2 Å². The minimum Gasteiger partial charge on any atom is -0.480 e. The number of carboxylic acids is 1. The number of likely N-dealkylation sites (tertiary alicyclic amines) is 3. The molecule has 23 N–H and O–H groups in total. The number of fused-ring (bicyclic) bond motifs is 2. The Morgan fingerprint density at radius 1 is 0.630 bits per heavy atom. The number of nitrogens with two attached hydrogens (primary N) is 7. The number of aliphatic hydroxyl groups excluding tert-OH is 1. The van der Waals surface area contributed by atoms with Gasteiger partial charge in [0.2, 0.25) is 47.3 Å². The van der Waals surface area contributed by atoms with Crippen molar-refractivity contribution in [1.82, 2.24) is 51.7 Å². The maximum absolute atomic E-state index is 15.3. The number of nitrogens with one attached hydrogen (secondary N) is 6. The van der Waals surface area contributed by atoms with Crippen LogP contribution >= 0.6 is 11.3 Å². The molecule has 1 aliphatic carbocycles. The van der Waals surface area contributed by atoms with Gasteiger partial charge in [-0.25, -0.2) is 4.79 Å². The Morgan fingerprint density at radius 3 is 1.92 bits per heavy atom. The highest BCUT2D eigenvalue weighted by Crippen LogP contribution is 2.41. The normalized spacial score (nSPS) is 22.4. The van der Waals surface area contributed by atoms with Crippen LogP contribution in [0, 0.1) is 5.92 Å². The summed E-state index contributed by atoms with van der Waals surface area (Å²) in [6, 6.07) is 0.365. The Bertz CT molecular complexity index is 3050. The van der Waals surface area contributed by atoms with Gasteiger partial charge in [-0.3, -0.25) is 58.1 Å². The molecule has 1 saturated carbocycles. The van der Waals surface area contributed by atoms with Crippen molar-refractivity contribution in [3.63, 3.8) is 0 Å². The van der Waals surface area contributed by atoms with Crippen LogP contribution in [-0.2, 0) is 67.3 Å². The third-order valence-corrected chi connectivity index (χ3v) is 18.2. The van der Waals surface area contributed by atoms with E-state index in [4.69, 9.17) is 40.1 Å². The van der Waals surface area contributed by atoms with Gasteiger partial charge in [-0.05, 0) is 99.1 Å². The van der Waals surface area contributed by atoms with Gasteiger partial charge >= 0.3 is 5.97 Å². The molecule has 1 aromatic heterocycles. The lowest BCUT2D eigenvalue weighted by Gasteiger charge is -2.42. The first-order valence-electron chi connectivity index (χ1n) is 31.0. The van der Waals surface area contributed by atoms with Crippen molar-refractivity contribution in [3.8, 4) is 0 Å². The maximum Gasteiger partial charge on any atom is 0.326 e. The minimum absolute atomic E-state index is 0.00695. The number of aliphatic carboxylic acids is 1. The summed E-state index contributed by atoms with van der Waals surface area (Å²) in [5.74, 6) is -8.62. The first-order chi connectivity index (χ1) is 43.9. The van der Waals surface area contributed by atoms with Crippen molar-refractivity contribution in [2.45, 2.75) is 176 Å². The third-order valence-electron chi connectivity index (χ3n) is 17.3. The first kappa shape index (κ1) is 70.7. The van der Waals surface area contributed by atoms with E-state index in [0.29, 0.717) is 36.1 Å². The van der Waals surface area contributed by atoms with Crippen LogP contribution in [0.25, 0.3) is 0 Å². The summed E-state index contributed by atoms with van der Waals surface area (Å²) in [5, 5.41) is 46.3. The van der Waals surface area contributed by atoms with Crippen LogP contribution in [0.1, 0.15) is 106 Å². The summed E-state index contributed by atoms with van der Waals surface area (Å²) in [6.45, 7) is -0.593. The minimum atomic E-state index is -1.91. The van der Waals surface area contributed by atoms with Crippen molar-refractivity contribution >= 4 is 88.3 Å². The van der Waals surface area contributed by atoms with E-state index >= 15 is 4.79 Å². The zero-order valence-electron chi connectivity index (χ0n) is 51.2. The Hall–Kier alpha value is -8.73. The van der Waals surface area contributed by atoms with E-state index in [1.165, 1.54) is 26.0 Å². The summed E-state index contributed by atoms with van der Waals surface area (Å²) in [6.07, 6.45) is 1.35. The molecule has 0 radical (unpaired) electrons. The van der Waals surface area contributed by atoms with Crippen molar-refractivity contribution in [1.29, 1.82) is 0 Å². The van der Waals surface area contributed by atoms with Gasteiger partial charge in [0.05, 0.1) is 18.7 Å². The molecular weight excluding hydrogens is 1220 g/mol. The molecule has 1 aromatic carbocycles. The average Bonchev–Trinajstić information content (AvgIpc) is 1.48. The maximum atomic E-state index is 15.3. The number of nitrogens with zero attached hydrogens (tertiary/aromatic N) is 7. The number of thiophene rings is 1. The fourth-order valence-electron chi connectivity index (χ4n) is 12.8. The summed E-state index contributed by atoms with van der Waals surface area (Å²) in [4.78, 5) is 159. The predicted molar refractivity (Wildman–Crippen MR) is 335 cm³/mol. The number of carbonyl (C=O) groups excluding carboxylic acids is 9. The molecule has 92 heavy (non-hydrogen) atoms. The summed E-state index contributed by atoms with van der Waals surface area (Å²) in [5.41, 5.74) is 42.1. The van der Waals surface area contributed by atoms with Gasteiger partial charge in [0, 0.05) is 69.4 Å². The van der Waals surface area contributed by atoms with E-state index in [1.807, 2.05) is 11.5 Å². The molecule has 12 atom stereocenters. The Balaban J connectivity index is 1.02. The summed E-state index contributed by atoms with van der Waals surface area (Å²) >= 11 is 1.26. The molecule has 2 aromatic rings. The number of hydrogen-bond acceptors (Lipinski definition) is 18. The molecule has 7 rings (SSSR count). The topological polar surface area (TPSA) is 536 Å². The number of aliphatic imine (C=N–C) groups is 3. The number of carbonyl (C=O) groups is 10. The number of benzene rings is 1. The lowest BCUT2D eigenvalue weighted by atomic mass is 9.84. The SMILES string of the molecule is NC(N)=NCCC[C@@H](N)C(=O)N[C@@H](CCCN=C(N)N)C(=O)N1CCC[C@H]1C(=O)N1C[C@H](O)C[C@H]1C(=O)NCC(=O)N[C@@H](Cc1cccs1)C(=O)N[C@@H](NO)C(=O)N1Cc2ccccc2CC1C(=O)N1[C@H](C(=O)N[C@@H](CCCN=C(N)N)C(=O)O)C[C@@H]2CCCC[C@@H]21. The number of amides is 9. The molecule has 504 valence electrons. The largest absolute Gasteiger partial charge is 0.480 e. The van der Waals surface area contributed by atoms with Gasteiger partial charge in [0.1, 0.15) is 42.3 Å². The monoisotopic (exact) mass is 1300 g/mol. The van der Waals surface area contributed by atoms with E-state index in [1.54, 1.807) is 35.7 Å². The second kappa shape index (κ2) is 33.5. The molecule has 4 fully saturated rings. The van der Waals surface area contributed by atoms with Crippen LogP contribution in [0.2, 0.25) is 0 Å². The van der Waals surface area contributed by atoms with Crippen LogP contribution in [0.15, 0.2) is 56.8 Å². The lowest BCUT2D eigenvalue weighted by molar-refractivity contribution is -0.155. The zero-order valence-corrected chi connectivity index (χ0v) is 52.1. The smallest absolute Gasteiger partial charge is 0.326 e. The Labute approximate surface area is 535 Å². The molecule has 9 amide bonds. The van der Waals surface area contributed by atoms with Crippen LogP contribution in [0.5, 0.6) is 0 Å². The molecule has 34 heteroatoms. The van der Waals surface area contributed by atoms with Gasteiger partial charge in [-0.1, -0.05) is 43.2 Å². The van der Waals surface area contributed by atoms with Crippen LogP contribution in [0.4, 0.5) is 0 Å². The second-order valence-corrected chi connectivity index (χ2v) is 24.8. The Morgan fingerprint density at radius 2 is 1.28 bits per heavy atom. The number of aliphatic hydroxyl groups is 1. The fourth-order valence-corrected chi connectivity index (χ4v) is 13.5. The number of guanidine groups is 3. The number of hydrogen-bond donors (Lipinski definition) is 16. The van der Waals surface area contributed by atoms with Crippen molar-refractivity contribution in [2.24, 2.45) is 61.0 Å².